The summed E-state index contributed by atoms with van der Waals surface area (Å²) in [7, 11) is 0. The fourth-order valence-electron chi connectivity index (χ4n) is 1.65. The SMILES string of the molecule is Cc1cc(Oc2ccc(F)cc2C(N)=NO)ccc1Cl. The van der Waals surface area contributed by atoms with E-state index in [1.54, 1.807) is 18.2 Å². The first-order valence-corrected chi connectivity index (χ1v) is 6.10. The van der Waals surface area contributed by atoms with Gasteiger partial charge in [0.1, 0.15) is 17.3 Å². The first kappa shape index (κ1) is 14.1. The molecule has 20 heavy (non-hydrogen) atoms. The predicted molar refractivity (Wildman–Crippen MR) is 75.2 cm³/mol. The number of ether oxygens (including phenoxy) is 1. The third-order valence-corrected chi connectivity index (χ3v) is 3.11. The van der Waals surface area contributed by atoms with Crippen LogP contribution in [0.5, 0.6) is 11.5 Å². The van der Waals surface area contributed by atoms with E-state index in [4.69, 9.17) is 27.3 Å². The highest BCUT2D eigenvalue weighted by Gasteiger charge is 2.11. The summed E-state index contributed by atoms with van der Waals surface area (Å²) in [5.41, 5.74) is 6.51. The third-order valence-electron chi connectivity index (χ3n) is 2.68. The number of nitrogens with two attached hydrogens (primary N) is 1. The van der Waals surface area contributed by atoms with Gasteiger partial charge in [0.2, 0.25) is 0 Å². The number of amidine groups is 1. The zero-order valence-electron chi connectivity index (χ0n) is 10.6. The van der Waals surface area contributed by atoms with E-state index in [-0.39, 0.29) is 17.1 Å². The highest BCUT2D eigenvalue weighted by atomic mass is 35.5. The number of oxime groups is 1. The topological polar surface area (TPSA) is 67.8 Å². The molecule has 4 nitrogen and oxygen atoms in total. The molecule has 0 aromatic heterocycles. The highest BCUT2D eigenvalue weighted by molar-refractivity contribution is 6.31. The van der Waals surface area contributed by atoms with Gasteiger partial charge in [-0.1, -0.05) is 16.8 Å². The van der Waals surface area contributed by atoms with E-state index >= 15 is 0 Å². The lowest BCUT2D eigenvalue weighted by atomic mass is 10.1. The summed E-state index contributed by atoms with van der Waals surface area (Å²) >= 11 is 5.93. The minimum Gasteiger partial charge on any atom is -0.457 e. The number of benzene rings is 2. The molecule has 0 aliphatic carbocycles. The molecule has 3 N–H and O–H groups in total. The highest BCUT2D eigenvalue weighted by Crippen LogP contribution is 2.28. The number of rotatable bonds is 3. The summed E-state index contributed by atoms with van der Waals surface area (Å²) in [4.78, 5) is 0. The molecule has 0 saturated carbocycles. The van der Waals surface area contributed by atoms with E-state index in [0.29, 0.717) is 10.8 Å². The van der Waals surface area contributed by atoms with Crippen LogP contribution in [0, 0.1) is 12.7 Å². The van der Waals surface area contributed by atoms with Crippen LogP contribution in [0.25, 0.3) is 0 Å². The van der Waals surface area contributed by atoms with Crippen molar-refractivity contribution in [1.82, 2.24) is 0 Å². The summed E-state index contributed by atoms with van der Waals surface area (Å²) in [5, 5.41) is 12.2. The van der Waals surface area contributed by atoms with Crippen molar-refractivity contribution in [3.8, 4) is 11.5 Å². The summed E-state index contributed by atoms with van der Waals surface area (Å²) in [6.07, 6.45) is 0. The summed E-state index contributed by atoms with van der Waals surface area (Å²) < 4.78 is 18.9. The van der Waals surface area contributed by atoms with Crippen LogP contribution in [0.1, 0.15) is 11.1 Å². The Kier molecular flexibility index (Phi) is 4.10. The molecule has 0 radical (unpaired) electrons. The van der Waals surface area contributed by atoms with Gasteiger partial charge in [-0.05, 0) is 48.9 Å². The van der Waals surface area contributed by atoms with Crippen molar-refractivity contribution < 1.29 is 14.3 Å². The molecule has 2 aromatic rings. The molecular weight excluding hydrogens is 283 g/mol. The second-order valence-corrected chi connectivity index (χ2v) is 4.55. The van der Waals surface area contributed by atoms with Crippen molar-refractivity contribution in [2.75, 3.05) is 0 Å². The Labute approximate surface area is 120 Å². The van der Waals surface area contributed by atoms with Crippen LogP contribution in [0.2, 0.25) is 5.02 Å². The fraction of sp³-hybridized carbons (Fsp3) is 0.0714. The number of nitrogens with zero attached hydrogens (tertiary/aromatic N) is 1. The van der Waals surface area contributed by atoms with Crippen molar-refractivity contribution >= 4 is 17.4 Å². The number of halogens is 2. The van der Waals surface area contributed by atoms with Crippen molar-refractivity contribution in [1.29, 1.82) is 0 Å². The maximum absolute atomic E-state index is 13.2. The van der Waals surface area contributed by atoms with Gasteiger partial charge in [0.25, 0.3) is 0 Å². The van der Waals surface area contributed by atoms with Crippen LogP contribution >= 0.6 is 11.6 Å². The molecule has 0 aliphatic rings. The Morgan fingerprint density at radius 2 is 2.05 bits per heavy atom. The Morgan fingerprint density at radius 1 is 1.30 bits per heavy atom. The van der Waals surface area contributed by atoms with E-state index in [9.17, 15) is 4.39 Å². The standard InChI is InChI=1S/C14H12ClFN2O2/c1-8-6-10(3-4-12(8)15)20-13-5-2-9(16)7-11(13)14(17)18-19/h2-7,19H,1H3,(H2,17,18). The van der Waals surface area contributed by atoms with Crippen molar-refractivity contribution in [2.45, 2.75) is 6.92 Å². The molecule has 104 valence electrons. The number of hydrogen-bond acceptors (Lipinski definition) is 3. The van der Waals surface area contributed by atoms with Crippen molar-refractivity contribution in [3.63, 3.8) is 0 Å². The van der Waals surface area contributed by atoms with Gasteiger partial charge in [0.05, 0.1) is 5.56 Å². The molecule has 2 rings (SSSR count). The van der Waals surface area contributed by atoms with Gasteiger partial charge in [-0.2, -0.15) is 0 Å². The van der Waals surface area contributed by atoms with Crippen LogP contribution in [0.4, 0.5) is 4.39 Å². The first-order valence-electron chi connectivity index (χ1n) is 5.72. The molecule has 0 saturated heterocycles. The second-order valence-electron chi connectivity index (χ2n) is 4.14. The van der Waals surface area contributed by atoms with E-state index < -0.39 is 5.82 Å². The summed E-state index contributed by atoms with van der Waals surface area (Å²) in [6.45, 7) is 1.84. The average Bonchev–Trinajstić information content (AvgIpc) is 2.44. The quantitative estimate of drug-likeness (QED) is 0.393. The second kappa shape index (κ2) is 5.79. The smallest absolute Gasteiger partial charge is 0.173 e. The molecule has 0 aliphatic heterocycles. The van der Waals surface area contributed by atoms with Gasteiger partial charge in [0, 0.05) is 5.02 Å². The predicted octanol–water partition coefficient (Wildman–Crippen LogP) is 3.67. The third kappa shape index (κ3) is 3.00. The lowest BCUT2D eigenvalue weighted by Crippen LogP contribution is -2.14. The van der Waals surface area contributed by atoms with Crippen LogP contribution in [0.15, 0.2) is 41.6 Å². The van der Waals surface area contributed by atoms with Crippen LogP contribution in [0.3, 0.4) is 0 Å². The van der Waals surface area contributed by atoms with Gasteiger partial charge >= 0.3 is 0 Å². The molecule has 0 atom stereocenters. The molecule has 0 fully saturated rings. The van der Waals surface area contributed by atoms with Crippen LogP contribution in [-0.4, -0.2) is 11.0 Å². The molecule has 0 heterocycles. The Hall–Kier alpha value is -2.27. The maximum Gasteiger partial charge on any atom is 0.173 e. The molecule has 0 amide bonds. The summed E-state index contributed by atoms with van der Waals surface area (Å²) in [6, 6.07) is 8.88. The monoisotopic (exact) mass is 294 g/mol. The Balaban J connectivity index is 2.40. The maximum atomic E-state index is 13.2. The van der Waals surface area contributed by atoms with E-state index in [0.717, 1.165) is 11.6 Å². The molecule has 2 aromatic carbocycles. The number of hydrogen-bond donors (Lipinski definition) is 2. The molecule has 0 bridgehead atoms. The first-order chi connectivity index (χ1) is 9.51. The molecule has 0 unspecified atom stereocenters. The molecule has 0 spiro atoms. The van der Waals surface area contributed by atoms with E-state index in [2.05, 4.69) is 5.16 Å². The lowest BCUT2D eigenvalue weighted by molar-refractivity contribution is 0.318. The summed E-state index contributed by atoms with van der Waals surface area (Å²) in [5.74, 6) is 0.0605. The van der Waals surface area contributed by atoms with Crippen LogP contribution < -0.4 is 10.5 Å². The van der Waals surface area contributed by atoms with Crippen molar-refractivity contribution in [3.05, 3.63) is 58.4 Å². The number of aryl methyl sites for hydroxylation is 1. The Bertz CT molecular complexity index is 674. The van der Waals surface area contributed by atoms with Crippen LogP contribution in [-0.2, 0) is 0 Å². The molecular formula is C14H12ClFN2O2. The van der Waals surface area contributed by atoms with Gasteiger partial charge in [-0.25, -0.2) is 4.39 Å². The minimum absolute atomic E-state index is 0.167. The van der Waals surface area contributed by atoms with Gasteiger partial charge in [-0.15, -0.1) is 0 Å². The normalized spacial score (nSPS) is 11.4. The minimum atomic E-state index is -0.508. The van der Waals surface area contributed by atoms with Crippen molar-refractivity contribution in [2.24, 2.45) is 10.9 Å². The van der Waals surface area contributed by atoms with Gasteiger partial charge < -0.3 is 15.7 Å². The van der Waals surface area contributed by atoms with E-state index in [1.807, 2.05) is 6.92 Å². The average molecular weight is 295 g/mol. The van der Waals surface area contributed by atoms with Gasteiger partial charge in [-0.3, -0.25) is 0 Å². The van der Waals surface area contributed by atoms with Gasteiger partial charge in [0.15, 0.2) is 5.84 Å². The lowest BCUT2D eigenvalue weighted by Gasteiger charge is -2.11. The largest absolute Gasteiger partial charge is 0.457 e. The fourth-order valence-corrected chi connectivity index (χ4v) is 1.77. The zero-order valence-corrected chi connectivity index (χ0v) is 11.4. The van der Waals surface area contributed by atoms with E-state index in [1.165, 1.54) is 12.1 Å². The zero-order chi connectivity index (χ0) is 14.7. The Morgan fingerprint density at radius 3 is 2.70 bits per heavy atom. The molecule has 6 heteroatoms.